The Morgan fingerprint density at radius 3 is 2.57 bits per heavy atom. The fourth-order valence-corrected chi connectivity index (χ4v) is 2.71. The summed E-state index contributed by atoms with van der Waals surface area (Å²) < 4.78 is 18.4. The maximum Gasteiger partial charge on any atom is 0.137 e. The molecule has 1 aromatic rings. The van der Waals surface area contributed by atoms with E-state index in [2.05, 4.69) is 0 Å². The van der Waals surface area contributed by atoms with Crippen LogP contribution in [0, 0.1) is 5.82 Å². The molecule has 1 heterocycles. The smallest absolute Gasteiger partial charge is 0.137 e. The van der Waals surface area contributed by atoms with Gasteiger partial charge < -0.3 is 24.7 Å². The summed E-state index contributed by atoms with van der Waals surface area (Å²) in [5.41, 5.74) is 0. The second-order valence-corrected chi connectivity index (χ2v) is 5.60. The largest absolute Gasteiger partial charge is 0.491 e. The van der Waals surface area contributed by atoms with Crippen molar-refractivity contribution in [3.05, 3.63) is 30.1 Å². The van der Waals surface area contributed by atoms with Gasteiger partial charge in [-0.2, -0.15) is 0 Å². The van der Waals surface area contributed by atoms with Crippen molar-refractivity contribution in [2.75, 3.05) is 52.5 Å². The molecular formula is C15H25FN2O3+2. The lowest BCUT2D eigenvalue weighted by atomic mass is 10.2. The maximum absolute atomic E-state index is 13.0. The van der Waals surface area contributed by atoms with E-state index in [1.54, 1.807) is 12.1 Å². The Balaban J connectivity index is 1.67. The number of rotatable bonds is 7. The van der Waals surface area contributed by atoms with E-state index in [1.165, 1.54) is 21.9 Å². The van der Waals surface area contributed by atoms with Crippen LogP contribution in [0.15, 0.2) is 24.3 Å². The molecule has 118 valence electrons. The molecule has 0 amide bonds. The molecule has 21 heavy (non-hydrogen) atoms. The van der Waals surface area contributed by atoms with Gasteiger partial charge in [-0.05, 0) is 12.1 Å². The molecule has 5 nitrogen and oxygen atoms in total. The molecular weight excluding hydrogens is 275 g/mol. The molecule has 0 spiro atoms. The van der Waals surface area contributed by atoms with Crippen molar-refractivity contribution in [1.82, 2.24) is 0 Å². The number of quaternary nitrogens is 2. The van der Waals surface area contributed by atoms with Crippen LogP contribution in [0.3, 0.4) is 0 Å². The van der Waals surface area contributed by atoms with Gasteiger partial charge in [0.05, 0.1) is 6.61 Å². The van der Waals surface area contributed by atoms with Crippen molar-refractivity contribution in [3.8, 4) is 5.75 Å². The van der Waals surface area contributed by atoms with Gasteiger partial charge in [0.2, 0.25) is 0 Å². The number of aliphatic hydroxyl groups is 2. The van der Waals surface area contributed by atoms with E-state index in [-0.39, 0.29) is 19.0 Å². The summed E-state index contributed by atoms with van der Waals surface area (Å²) in [6, 6.07) is 5.95. The average molecular weight is 300 g/mol. The predicted molar refractivity (Wildman–Crippen MR) is 76.1 cm³/mol. The number of piperazine rings is 1. The van der Waals surface area contributed by atoms with Crippen molar-refractivity contribution < 1.29 is 29.1 Å². The lowest BCUT2D eigenvalue weighted by Crippen LogP contribution is -3.28. The molecule has 1 aromatic carbocycles. The van der Waals surface area contributed by atoms with Crippen LogP contribution in [0.1, 0.15) is 0 Å². The zero-order valence-corrected chi connectivity index (χ0v) is 12.2. The lowest BCUT2D eigenvalue weighted by molar-refractivity contribution is -1.01. The summed E-state index contributed by atoms with van der Waals surface area (Å²) >= 11 is 0. The first-order valence-corrected chi connectivity index (χ1v) is 7.52. The van der Waals surface area contributed by atoms with E-state index in [1.807, 2.05) is 0 Å². The summed E-state index contributed by atoms with van der Waals surface area (Å²) in [6.07, 6.45) is -0.553. The number of halogens is 1. The van der Waals surface area contributed by atoms with E-state index in [0.717, 1.165) is 32.7 Å². The zero-order chi connectivity index (χ0) is 15.1. The van der Waals surface area contributed by atoms with Gasteiger partial charge in [0.25, 0.3) is 0 Å². The van der Waals surface area contributed by atoms with Gasteiger partial charge >= 0.3 is 0 Å². The molecule has 6 heteroatoms. The second-order valence-electron chi connectivity index (χ2n) is 5.60. The molecule has 0 aromatic heterocycles. The van der Waals surface area contributed by atoms with Crippen LogP contribution < -0.4 is 14.5 Å². The minimum absolute atomic E-state index is 0.181. The minimum atomic E-state index is -0.553. The number of aliphatic hydroxyl groups excluding tert-OH is 2. The number of nitrogens with one attached hydrogen (secondary N) is 2. The molecule has 1 aliphatic rings. The fraction of sp³-hybridized carbons (Fsp3) is 0.600. The van der Waals surface area contributed by atoms with Crippen LogP contribution >= 0.6 is 0 Å². The normalized spacial score (nSPS) is 23.8. The Morgan fingerprint density at radius 1 is 1.19 bits per heavy atom. The van der Waals surface area contributed by atoms with Crippen LogP contribution in [0.5, 0.6) is 5.75 Å². The van der Waals surface area contributed by atoms with Crippen LogP contribution in [-0.2, 0) is 0 Å². The minimum Gasteiger partial charge on any atom is -0.491 e. The molecule has 1 atom stereocenters. The van der Waals surface area contributed by atoms with Gasteiger partial charge in [0.1, 0.15) is 63.5 Å². The van der Waals surface area contributed by atoms with E-state index in [4.69, 9.17) is 9.84 Å². The Labute approximate surface area is 124 Å². The van der Waals surface area contributed by atoms with Crippen LogP contribution in [0.2, 0.25) is 0 Å². The van der Waals surface area contributed by atoms with Gasteiger partial charge in [0, 0.05) is 6.07 Å². The van der Waals surface area contributed by atoms with Crippen molar-refractivity contribution in [2.24, 2.45) is 0 Å². The first-order chi connectivity index (χ1) is 10.2. The van der Waals surface area contributed by atoms with Gasteiger partial charge in [-0.25, -0.2) is 4.39 Å². The average Bonchev–Trinajstić information content (AvgIpc) is 2.48. The second kappa shape index (κ2) is 8.29. The summed E-state index contributed by atoms with van der Waals surface area (Å²) in [4.78, 5) is 2.78. The highest BCUT2D eigenvalue weighted by Crippen LogP contribution is 2.11. The van der Waals surface area contributed by atoms with Crippen LogP contribution in [0.4, 0.5) is 4.39 Å². The standard InChI is InChI=1S/C15H23FN2O3/c16-13-2-1-3-15(10-13)21-12-14(20)11-18-6-4-17(5-7-18)8-9-19/h1-3,10,14,19-20H,4-9,11-12H2/p+2/t14-/m1/s1. The first kappa shape index (κ1) is 16.2. The maximum atomic E-state index is 13.0. The van der Waals surface area contributed by atoms with E-state index < -0.39 is 6.10 Å². The fourth-order valence-electron chi connectivity index (χ4n) is 2.71. The third kappa shape index (κ3) is 5.59. The Bertz CT molecular complexity index is 425. The molecule has 0 saturated carbocycles. The molecule has 1 aliphatic heterocycles. The third-order valence-corrected chi connectivity index (χ3v) is 3.89. The number of hydrogen-bond donors (Lipinski definition) is 4. The van der Waals surface area contributed by atoms with Crippen LogP contribution in [0.25, 0.3) is 0 Å². The van der Waals surface area contributed by atoms with E-state index in [0.29, 0.717) is 12.3 Å². The molecule has 0 bridgehead atoms. The Hall–Kier alpha value is -1.21. The molecule has 0 radical (unpaired) electrons. The summed E-state index contributed by atoms with van der Waals surface area (Å²) in [6.45, 7) is 5.88. The summed E-state index contributed by atoms with van der Waals surface area (Å²) in [5.74, 6) is 0.108. The van der Waals surface area contributed by atoms with Crippen LogP contribution in [-0.4, -0.2) is 68.8 Å². The lowest BCUT2D eigenvalue weighted by Gasteiger charge is -2.30. The van der Waals surface area contributed by atoms with Gasteiger partial charge in [-0.15, -0.1) is 0 Å². The SMILES string of the molecule is OCC[NH+]1CC[NH+](C[C@@H](O)COc2cccc(F)c2)CC1. The van der Waals surface area contributed by atoms with Crippen molar-refractivity contribution in [3.63, 3.8) is 0 Å². The predicted octanol–water partition coefficient (Wildman–Crippen LogP) is -2.66. The molecule has 0 unspecified atom stereocenters. The van der Waals surface area contributed by atoms with Crippen molar-refractivity contribution in [2.45, 2.75) is 6.10 Å². The summed E-state index contributed by atoms with van der Waals surface area (Å²) in [7, 11) is 0. The number of hydrogen-bond acceptors (Lipinski definition) is 3. The van der Waals surface area contributed by atoms with E-state index in [9.17, 15) is 9.50 Å². The Kier molecular flexibility index (Phi) is 6.38. The number of benzene rings is 1. The highest BCUT2D eigenvalue weighted by atomic mass is 19.1. The zero-order valence-electron chi connectivity index (χ0n) is 12.2. The molecule has 0 aliphatic carbocycles. The first-order valence-electron chi connectivity index (χ1n) is 7.52. The number of ether oxygens (including phenoxy) is 1. The quantitative estimate of drug-likeness (QED) is 0.445. The molecule has 1 fully saturated rings. The highest BCUT2D eigenvalue weighted by Gasteiger charge is 2.24. The van der Waals surface area contributed by atoms with Gasteiger partial charge in [-0.1, -0.05) is 6.07 Å². The topological polar surface area (TPSA) is 58.6 Å². The Morgan fingerprint density at radius 2 is 1.90 bits per heavy atom. The van der Waals surface area contributed by atoms with E-state index >= 15 is 0 Å². The highest BCUT2D eigenvalue weighted by molar-refractivity contribution is 5.22. The van der Waals surface area contributed by atoms with Crippen molar-refractivity contribution in [1.29, 1.82) is 0 Å². The molecule has 2 rings (SSSR count). The van der Waals surface area contributed by atoms with Crippen molar-refractivity contribution >= 4 is 0 Å². The van der Waals surface area contributed by atoms with Gasteiger partial charge in [0.15, 0.2) is 0 Å². The molecule has 1 saturated heterocycles. The monoisotopic (exact) mass is 300 g/mol. The van der Waals surface area contributed by atoms with Gasteiger partial charge in [-0.3, -0.25) is 0 Å². The summed E-state index contributed by atoms with van der Waals surface area (Å²) in [5, 5.41) is 18.9. The third-order valence-electron chi connectivity index (χ3n) is 3.89. The molecule has 4 N–H and O–H groups in total.